The first-order valence-corrected chi connectivity index (χ1v) is 11.1. The van der Waals surface area contributed by atoms with Gasteiger partial charge in [-0.25, -0.2) is 9.59 Å². The number of para-hydroxylation sites is 1. The standard InChI is InChI=1S/C25H24N2O6/c1-2-32-25(31)26-13-11-16-17-9-10-20(28)21(22(17)33-24(30)18(16)14-26)23(29)27-12-5-7-15-6-3-4-8-19(15)27/h3-4,6,8-10,28H,2,5,7,11-14H2,1H3. The van der Waals surface area contributed by atoms with Gasteiger partial charge in [-0.3, -0.25) is 4.79 Å². The third-order valence-corrected chi connectivity index (χ3v) is 6.34. The zero-order valence-corrected chi connectivity index (χ0v) is 18.3. The maximum absolute atomic E-state index is 13.6. The lowest BCUT2D eigenvalue weighted by atomic mass is 9.95. The molecule has 8 nitrogen and oxygen atoms in total. The Bertz CT molecular complexity index is 1330. The number of carbonyl (C=O) groups is 2. The molecule has 2 aliphatic heterocycles. The minimum atomic E-state index is -0.620. The first-order valence-electron chi connectivity index (χ1n) is 11.1. The summed E-state index contributed by atoms with van der Waals surface area (Å²) in [6.45, 7) is 2.95. The number of hydrogen-bond donors (Lipinski definition) is 1. The molecule has 2 amide bonds. The second-order valence-electron chi connectivity index (χ2n) is 8.24. The van der Waals surface area contributed by atoms with Gasteiger partial charge in [-0.15, -0.1) is 0 Å². The number of phenolic OH excluding ortho intramolecular Hbond substituents is 1. The van der Waals surface area contributed by atoms with Crippen LogP contribution in [0.2, 0.25) is 0 Å². The molecule has 0 aliphatic carbocycles. The highest BCUT2D eigenvalue weighted by Gasteiger charge is 2.31. The second-order valence-corrected chi connectivity index (χ2v) is 8.24. The lowest BCUT2D eigenvalue weighted by Crippen LogP contribution is -2.39. The molecule has 1 N–H and O–H groups in total. The molecule has 8 heteroatoms. The molecule has 0 saturated heterocycles. The number of phenols is 1. The molecule has 2 aromatic carbocycles. The van der Waals surface area contributed by atoms with E-state index in [1.807, 2.05) is 24.3 Å². The number of amides is 2. The molecule has 0 saturated carbocycles. The summed E-state index contributed by atoms with van der Waals surface area (Å²) in [6, 6.07) is 10.8. The normalized spacial score (nSPS) is 15.2. The largest absolute Gasteiger partial charge is 0.507 e. The van der Waals surface area contributed by atoms with E-state index in [2.05, 4.69) is 0 Å². The number of anilines is 1. The monoisotopic (exact) mass is 448 g/mol. The van der Waals surface area contributed by atoms with Gasteiger partial charge in [0.25, 0.3) is 5.91 Å². The van der Waals surface area contributed by atoms with Crippen molar-refractivity contribution in [2.24, 2.45) is 0 Å². The van der Waals surface area contributed by atoms with Gasteiger partial charge in [-0.2, -0.15) is 0 Å². The van der Waals surface area contributed by atoms with Gasteiger partial charge in [0.1, 0.15) is 11.3 Å². The van der Waals surface area contributed by atoms with Crippen LogP contribution in [-0.4, -0.2) is 41.7 Å². The predicted molar refractivity (Wildman–Crippen MR) is 122 cm³/mol. The first kappa shape index (κ1) is 21.1. The van der Waals surface area contributed by atoms with E-state index < -0.39 is 17.6 Å². The van der Waals surface area contributed by atoms with Gasteiger partial charge in [-0.05, 0) is 55.5 Å². The number of carbonyl (C=O) groups excluding carboxylic acids is 2. The Morgan fingerprint density at radius 1 is 1.09 bits per heavy atom. The highest BCUT2D eigenvalue weighted by atomic mass is 16.6. The van der Waals surface area contributed by atoms with E-state index in [1.54, 1.807) is 17.9 Å². The summed E-state index contributed by atoms with van der Waals surface area (Å²) < 4.78 is 10.7. The van der Waals surface area contributed by atoms with Gasteiger partial charge in [0.15, 0.2) is 5.58 Å². The summed E-state index contributed by atoms with van der Waals surface area (Å²) in [5.41, 5.74) is 2.41. The summed E-state index contributed by atoms with van der Waals surface area (Å²) >= 11 is 0. The highest BCUT2D eigenvalue weighted by molar-refractivity contribution is 6.15. The van der Waals surface area contributed by atoms with E-state index >= 15 is 0 Å². The van der Waals surface area contributed by atoms with Crippen molar-refractivity contribution < 1.29 is 23.8 Å². The van der Waals surface area contributed by atoms with Gasteiger partial charge in [0, 0.05) is 24.2 Å². The number of rotatable bonds is 2. The zero-order chi connectivity index (χ0) is 23.1. The van der Waals surface area contributed by atoms with Crippen LogP contribution in [0.15, 0.2) is 45.6 Å². The van der Waals surface area contributed by atoms with Crippen LogP contribution in [0.4, 0.5) is 10.5 Å². The summed E-state index contributed by atoms with van der Waals surface area (Å²) in [5.74, 6) is -0.639. The lowest BCUT2D eigenvalue weighted by Gasteiger charge is -2.30. The van der Waals surface area contributed by atoms with Crippen LogP contribution >= 0.6 is 0 Å². The summed E-state index contributed by atoms with van der Waals surface area (Å²) in [4.78, 5) is 41.8. The average Bonchev–Trinajstić information content (AvgIpc) is 2.83. The minimum Gasteiger partial charge on any atom is -0.507 e. The average molecular weight is 448 g/mol. The van der Waals surface area contributed by atoms with Crippen LogP contribution in [0.3, 0.4) is 0 Å². The number of nitrogens with zero attached hydrogens (tertiary/aromatic N) is 2. The minimum absolute atomic E-state index is 0.0167. The molecular weight excluding hydrogens is 424 g/mol. The quantitative estimate of drug-likeness (QED) is 0.601. The Labute approximate surface area is 190 Å². The molecule has 0 fully saturated rings. The molecule has 0 unspecified atom stereocenters. The smallest absolute Gasteiger partial charge is 0.410 e. The number of benzene rings is 2. The molecule has 0 atom stereocenters. The fourth-order valence-electron chi connectivity index (χ4n) is 4.78. The highest BCUT2D eigenvalue weighted by Crippen LogP contribution is 2.35. The maximum atomic E-state index is 13.6. The van der Waals surface area contributed by atoms with Gasteiger partial charge in [0.2, 0.25) is 0 Å². The van der Waals surface area contributed by atoms with Crippen LogP contribution in [0.5, 0.6) is 5.75 Å². The van der Waals surface area contributed by atoms with Crippen molar-refractivity contribution in [3.8, 4) is 5.75 Å². The third-order valence-electron chi connectivity index (χ3n) is 6.34. The number of aryl methyl sites for hydroxylation is 1. The van der Waals surface area contributed by atoms with Crippen LogP contribution < -0.4 is 10.5 Å². The second kappa shape index (κ2) is 8.27. The zero-order valence-electron chi connectivity index (χ0n) is 18.3. The number of hydrogen-bond acceptors (Lipinski definition) is 6. The van der Waals surface area contributed by atoms with Gasteiger partial charge >= 0.3 is 11.7 Å². The molecule has 0 spiro atoms. The first-order chi connectivity index (χ1) is 16.0. The molecule has 3 aromatic rings. The summed E-state index contributed by atoms with van der Waals surface area (Å²) in [5, 5.41) is 11.2. The van der Waals surface area contributed by atoms with E-state index in [4.69, 9.17) is 9.15 Å². The van der Waals surface area contributed by atoms with Crippen molar-refractivity contribution in [3.05, 3.63) is 69.1 Å². The molecule has 2 aliphatic rings. The van der Waals surface area contributed by atoms with Crippen molar-refractivity contribution in [2.75, 3.05) is 24.6 Å². The Morgan fingerprint density at radius 2 is 1.91 bits per heavy atom. The Hall–Kier alpha value is -3.81. The van der Waals surface area contributed by atoms with Crippen LogP contribution in [0.1, 0.15) is 40.4 Å². The number of ether oxygens (including phenoxy) is 1. The van der Waals surface area contributed by atoms with Gasteiger partial charge in [0.05, 0.1) is 18.7 Å². The van der Waals surface area contributed by atoms with Crippen molar-refractivity contribution in [3.63, 3.8) is 0 Å². The van der Waals surface area contributed by atoms with Crippen molar-refractivity contribution >= 4 is 28.7 Å². The maximum Gasteiger partial charge on any atom is 0.410 e. The fourth-order valence-corrected chi connectivity index (χ4v) is 4.78. The fraction of sp³-hybridized carbons (Fsp3) is 0.320. The SMILES string of the molecule is CCOC(=O)N1CCc2c(c(=O)oc3c(C(=O)N4CCCc5ccccc54)c(O)ccc23)C1. The van der Waals surface area contributed by atoms with Gasteiger partial charge < -0.3 is 24.1 Å². The summed E-state index contributed by atoms with van der Waals surface area (Å²) in [6.07, 6.45) is 1.62. The van der Waals surface area contributed by atoms with Crippen LogP contribution in [0.25, 0.3) is 11.0 Å². The van der Waals surface area contributed by atoms with E-state index in [1.165, 1.54) is 11.0 Å². The third kappa shape index (κ3) is 3.51. The Kier molecular flexibility index (Phi) is 5.28. The van der Waals surface area contributed by atoms with Crippen LogP contribution in [0, 0.1) is 0 Å². The number of aromatic hydroxyl groups is 1. The summed E-state index contributed by atoms with van der Waals surface area (Å²) in [7, 11) is 0. The molecule has 170 valence electrons. The van der Waals surface area contributed by atoms with Gasteiger partial charge in [-0.1, -0.05) is 18.2 Å². The molecular formula is C25H24N2O6. The van der Waals surface area contributed by atoms with E-state index in [0.29, 0.717) is 30.5 Å². The molecule has 33 heavy (non-hydrogen) atoms. The number of fused-ring (bicyclic) bond motifs is 4. The lowest BCUT2D eigenvalue weighted by molar-refractivity contribution is 0.0982. The van der Waals surface area contributed by atoms with Crippen LogP contribution in [-0.2, 0) is 24.1 Å². The molecule has 1 aromatic heterocycles. The van der Waals surface area contributed by atoms with Crippen molar-refractivity contribution in [2.45, 2.75) is 32.7 Å². The molecule has 5 rings (SSSR count). The predicted octanol–water partition coefficient (Wildman–Crippen LogP) is 3.61. The Balaban J connectivity index is 1.60. The molecule has 3 heterocycles. The molecule has 0 radical (unpaired) electrons. The molecule has 0 bridgehead atoms. The van der Waals surface area contributed by atoms with E-state index in [-0.39, 0.29) is 30.0 Å². The van der Waals surface area contributed by atoms with Crippen molar-refractivity contribution in [1.29, 1.82) is 0 Å². The van der Waals surface area contributed by atoms with E-state index in [9.17, 15) is 19.5 Å². The van der Waals surface area contributed by atoms with Crippen molar-refractivity contribution in [1.82, 2.24) is 4.90 Å². The topological polar surface area (TPSA) is 100 Å². The Morgan fingerprint density at radius 3 is 2.73 bits per heavy atom. The van der Waals surface area contributed by atoms with E-state index in [0.717, 1.165) is 29.7 Å².